The Hall–Kier alpha value is 0.137. The van der Waals surface area contributed by atoms with E-state index in [1.54, 1.807) is 25.7 Å². The molecular weight excluding hydrogens is 204 g/mol. The maximum atomic E-state index is 4.99. The fourth-order valence-electron chi connectivity index (χ4n) is 2.79. The van der Waals surface area contributed by atoms with E-state index < -0.39 is 10.0 Å². The number of hydrogen-bond donors (Lipinski definition) is 0. The zero-order valence-electron chi connectivity index (χ0n) is 10.5. The Morgan fingerprint density at radius 1 is 1.07 bits per heavy atom. The van der Waals surface area contributed by atoms with Gasteiger partial charge in [-0.05, 0) is 50.9 Å². The average molecular weight is 230 g/mol. The highest BCUT2D eigenvalue weighted by atomic mass is 28.3. The molecule has 0 aromatic carbocycles. The van der Waals surface area contributed by atoms with Crippen molar-refractivity contribution in [3.8, 4) is 0 Å². The lowest BCUT2D eigenvalue weighted by Crippen LogP contribution is -2.04. The van der Waals surface area contributed by atoms with Crippen LogP contribution in [0.1, 0.15) is 46.5 Å². The summed E-state index contributed by atoms with van der Waals surface area (Å²) in [4.78, 5) is 0. The normalized spacial score (nSPS) is 32.6. The molecular formula is C12H26O2Si. The van der Waals surface area contributed by atoms with E-state index in [0.29, 0.717) is 0 Å². The molecule has 2 aliphatic carbocycles. The first-order valence-corrected chi connectivity index (χ1v) is 7.58. The summed E-state index contributed by atoms with van der Waals surface area (Å²) in [7, 11) is -0.589. The smallest absolute Gasteiger partial charge is 0.304 e. The minimum absolute atomic E-state index is 0.589. The molecule has 0 heterocycles. The molecule has 2 saturated carbocycles. The fourth-order valence-corrected chi connectivity index (χ4v) is 3.24. The van der Waals surface area contributed by atoms with Gasteiger partial charge in [-0.25, -0.2) is 0 Å². The van der Waals surface area contributed by atoms with Crippen LogP contribution in [0.4, 0.5) is 0 Å². The Labute approximate surface area is 96.8 Å². The summed E-state index contributed by atoms with van der Waals surface area (Å²) in [5.41, 5.74) is 0. The molecule has 0 radical (unpaired) electrons. The molecule has 2 fully saturated rings. The third kappa shape index (κ3) is 4.66. The van der Waals surface area contributed by atoms with Crippen LogP contribution in [0.3, 0.4) is 0 Å². The van der Waals surface area contributed by atoms with Crippen molar-refractivity contribution in [2.75, 3.05) is 13.2 Å². The predicted molar refractivity (Wildman–Crippen MR) is 66.4 cm³/mol. The average Bonchev–Trinajstić information content (AvgIpc) is 2.81. The second-order valence-electron chi connectivity index (χ2n) is 4.76. The molecule has 2 aliphatic rings. The highest BCUT2D eigenvalue weighted by Gasteiger charge is 2.36. The maximum Gasteiger partial charge on any atom is 0.304 e. The third-order valence-electron chi connectivity index (χ3n) is 3.67. The molecule has 0 spiro atoms. The van der Waals surface area contributed by atoms with E-state index in [1.807, 2.05) is 13.8 Å². The van der Waals surface area contributed by atoms with Crippen molar-refractivity contribution < 1.29 is 8.85 Å². The summed E-state index contributed by atoms with van der Waals surface area (Å²) >= 11 is 0. The van der Waals surface area contributed by atoms with Crippen molar-refractivity contribution in [3.05, 3.63) is 0 Å². The van der Waals surface area contributed by atoms with Gasteiger partial charge in [-0.1, -0.05) is 13.3 Å². The van der Waals surface area contributed by atoms with Gasteiger partial charge in [-0.2, -0.15) is 0 Å². The van der Waals surface area contributed by atoms with Gasteiger partial charge in [0.1, 0.15) is 0 Å². The molecule has 2 bridgehead atoms. The maximum absolute atomic E-state index is 4.99. The Morgan fingerprint density at radius 3 is 2.00 bits per heavy atom. The minimum Gasteiger partial charge on any atom is -0.399 e. The molecule has 0 aromatic rings. The van der Waals surface area contributed by atoms with Gasteiger partial charge in [0.05, 0.1) is 0 Å². The summed E-state index contributed by atoms with van der Waals surface area (Å²) in [6, 6.07) is 0. The molecule has 3 unspecified atom stereocenters. The number of fused-ring (bicyclic) bond motifs is 2. The van der Waals surface area contributed by atoms with Crippen LogP contribution in [-0.2, 0) is 8.85 Å². The van der Waals surface area contributed by atoms with Gasteiger partial charge in [0.15, 0.2) is 0 Å². The van der Waals surface area contributed by atoms with Crippen molar-refractivity contribution in [2.24, 2.45) is 17.8 Å². The van der Waals surface area contributed by atoms with E-state index in [2.05, 4.69) is 6.92 Å². The Kier molecular flexibility index (Phi) is 6.53. The lowest BCUT2D eigenvalue weighted by atomic mass is 9.91. The molecule has 2 rings (SSSR count). The SMILES string of the molecule is CC1CC2CCC1C2.CCO[SiH2]OCC. The second kappa shape index (κ2) is 7.42. The van der Waals surface area contributed by atoms with Crippen molar-refractivity contribution in [3.63, 3.8) is 0 Å². The third-order valence-corrected chi connectivity index (χ3v) is 4.82. The zero-order chi connectivity index (χ0) is 11.1. The molecule has 0 saturated heterocycles. The van der Waals surface area contributed by atoms with Gasteiger partial charge in [0.25, 0.3) is 0 Å². The molecule has 15 heavy (non-hydrogen) atoms. The van der Waals surface area contributed by atoms with Crippen LogP contribution in [0.5, 0.6) is 0 Å². The van der Waals surface area contributed by atoms with Crippen LogP contribution >= 0.6 is 0 Å². The van der Waals surface area contributed by atoms with Crippen molar-refractivity contribution in [1.29, 1.82) is 0 Å². The van der Waals surface area contributed by atoms with Crippen LogP contribution in [0.2, 0.25) is 0 Å². The second-order valence-corrected chi connectivity index (χ2v) is 5.81. The number of hydrogen-bond acceptors (Lipinski definition) is 2. The van der Waals surface area contributed by atoms with Crippen LogP contribution < -0.4 is 0 Å². The quantitative estimate of drug-likeness (QED) is 0.546. The molecule has 0 aromatic heterocycles. The summed E-state index contributed by atoms with van der Waals surface area (Å²) in [6.07, 6.45) is 6.21. The molecule has 0 aliphatic heterocycles. The summed E-state index contributed by atoms with van der Waals surface area (Å²) in [6.45, 7) is 7.97. The summed E-state index contributed by atoms with van der Waals surface area (Å²) in [5, 5.41) is 0. The fraction of sp³-hybridized carbons (Fsp3) is 1.00. The van der Waals surface area contributed by atoms with Gasteiger partial charge < -0.3 is 8.85 Å². The topological polar surface area (TPSA) is 18.5 Å². The van der Waals surface area contributed by atoms with E-state index in [9.17, 15) is 0 Å². The Morgan fingerprint density at radius 2 is 1.73 bits per heavy atom. The standard InChI is InChI=1S/C8H14.C4H12O2Si/c1-6-4-7-2-3-8(6)5-7;1-3-5-7-6-4-2/h6-8H,2-5H2,1H3;3-4,7H2,1-2H3. The molecule has 90 valence electrons. The first-order valence-electron chi connectivity index (χ1n) is 6.43. The first-order chi connectivity index (χ1) is 7.27. The van der Waals surface area contributed by atoms with Crippen LogP contribution in [-0.4, -0.2) is 23.2 Å². The van der Waals surface area contributed by atoms with Crippen LogP contribution in [0, 0.1) is 17.8 Å². The van der Waals surface area contributed by atoms with E-state index in [0.717, 1.165) is 31.0 Å². The van der Waals surface area contributed by atoms with Gasteiger partial charge >= 0.3 is 10.0 Å². The van der Waals surface area contributed by atoms with Gasteiger partial charge in [-0.3, -0.25) is 0 Å². The molecule has 3 heteroatoms. The molecule has 0 N–H and O–H groups in total. The first kappa shape index (κ1) is 13.2. The Balaban J connectivity index is 0.000000153. The largest absolute Gasteiger partial charge is 0.399 e. The molecule has 0 amide bonds. The van der Waals surface area contributed by atoms with E-state index in [1.165, 1.54) is 0 Å². The van der Waals surface area contributed by atoms with Crippen LogP contribution in [0.15, 0.2) is 0 Å². The number of rotatable bonds is 4. The van der Waals surface area contributed by atoms with Gasteiger partial charge in [0, 0.05) is 13.2 Å². The highest BCUT2D eigenvalue weighted by Crippen LogP contribution is 2.47. The van der Waals surface area contributed by atoms with E-state index in [-0.39, 0.29) is 0 Å². The molecule has 3 atom stereocenters. The zero-order valence-corrected chi connectivity index (χ0v) is 11.9. The van der Waals surface area contributed by atoms with E-state index >= 15 is 0 Å². The monoisotopic (exact) mass is 230 g/mol. The highest BCUT2D eigenvalue weighted by molar-refractivity contribution is 6.17. The molecule has 2 nitrogen and oxygen atoms in total. The predicted octanol–water partition coefficient (Wildman–Crippen LogP) is 2.50. The lowest BCUT2D eigenvalue weighted by Gasteiger charge is -2.15. The van der Waals surface area contributed by atoms with Gasteiger partial charge in [0.2, 0.25) is 0 Å². The minimum atomic E-state index is -0.589. The van der Waals surface area contributed by atoms with Crippen molar-refractivity contribution >= 4 is 10.0 Å². The van der Waals surface area contributed by atoms with E-state index in [4.69, 9.17) is 8.85 Å². The lowest BCUT2D eigenvalue weighted by molar-refractivity contribution is 0.240. The van der Waals surface area contributed by atoms with Crippen molar-refractivity contribution in [2.45, 2.75) is 46.5 Å². The Bertz CT molecular complexity index is 158. The summed E-state index contributed by atoms with van der Waals surface area (Å²) in [5.74, 6) is 3.36. The summed E-state index contributed by atoms with van der Waals surface area (Å²) < 4.78 is 9.98. The van der Waals surface area contributed by atoms with Crippen LogP contribution in [0.25, 0.3) is 0 Å². The van der Waals surface area contributed by atoms with Crippen molar-refractivity contribution in [1.82, 2.24) is 0 Å². The van der Waals surface area contributed by atoms with Gasteiger partial charge in [-0.15, -0.1) is 0 Å².